The van der Waals surface area contributed by atoms with Gasteiger partial charge in [0.1, 0.15) is 0 Å². The summed E-state index contributed by atoms with van der Waals surface area (Å²) in [6.45, 7) is 6.37. The lowest BCUT2D eigenvalue weighted by Gasteiger charge is -2.40. The number of rotatable bonds is 5. The van der Waals surface area contributed by atoms with Crippen molar-refractivity contribution in [3.8, 4) is 0 Å². The molecule has 1 aliphatic heterocycles. The highest BCUT2D eigenvalue weighted by Crippen LogP contribution is 2.31. The van der Waals surface area contributed by atoms with Crippen LogP contribution in [0.3, 0.4) is 0 Å². The molecule has 0 aromatic carbocycles. The first-order chi connectivity index (χ1) is 8.78. The molecule has 2 fully saturated rings. The third-order valence-corrected chi connectivity index (χ3v) is 5.43. The van der Waals surface area contributed by atoms with Gasteiger partial charge < -0.3 is 10.2 Å². The van der Waals surface area contributed by atoms with Gasteiger partial charge in [-0.3, -0.25) is 0 Å². The zero-order valence-corrected chi connectivity index (χ0v) is 12.5. The topological polar surface area (TPSA) is 15.3 Å². The summed E-state index contributed by atoms with van der Waals surface area (Å²) in [5, 5.41) is 3.66. The molecule has 0 aromatic heterocycles. The fourth-order valence-corrected chi connectivity index (χ4v) is 3.91. The van der Waals surface area contributed by atoms with E-state index in [1.165, 1.54) is 77.4 Å². The van der Waals surface area contributed by atoms with Gasteiger partial charge in [0.05, 0.1) is 0 Å². The van der Waals surface area contributed by atoms with E-state index in [0.29, 0.717) is 5.54 Å². The molecule has 0 radical (unpaired) electrons. The van der Waals surface area contributed by atoms with Crippen molar-refractivity contribution >= 4 is 0 Å². The SMILES string of the molecule is CCC1CCCN(CCC2(NC)CCCCC2)C1. The first-order valence-electron chi connectivity index (χ1n) is 8.19. The molecule has 0 spiro atoms. The first kappa shape index (κ1) is 14.3. The Morgan fingerprint density at radius 1 is 1.17 bits per heavy atom. The van der Waals surface area contributed by atoms with Crippen LogP contribution in [0.1, 0.15) is 64.7 Å². The second kappa shape index (κ2) is 6.91. The van der Waals surface area contributed by atoms with Crippen molar-refractivity contribution in [3.63, 3.8) is 0 Å². The highest BCUT2D eigenvalue weighted by atomic mass is 15.1. The average Bonchev–Trinajstić information content (AvgIpc) is 2.46. The van der Waals surface area contributed by atoms with Crippen molar-refractivity contribution in [2.24, 2.45) is 5.92 Å². The van der Waals surface area contributed by atoms with E-state index >= 15 is 0 Å². The standard InChI is InChI=1S/C16H32N2/c1-3-15-8-7-12-18(14-15)13-11-16(17-2)9-5-4-6-10-16/h15,17H,3-14H2,1-2H3. The van der Waals surface area contributed by atoms with E-state index in [1.807, 2.05) is 0 Å². The number of likely N-dealkylation sites (tertiary alicyclic amines) is 1. The Kier molecular flexibility index (Phi) is 5.50. The van der Waals surface area contributed by atoms with Crippen LogP contribution >= 0.6 is 0 Å². The van der Waals surface area contributed by atoms with Crippen LogP contribution in [0.5, 0.6) is 0 Å². The normalized spacial score (nSPS) is 29.3. The molecule has 1 N–H and O–H groups in total. The second-order valence-corrected chi connectivity index (χ2v) is 6.56. The van der Waals surface area contributed by atoms with Gasteiger partial charge in [-0.1, -0.05) is 32.6 Å². The quantitative estimate of drug-likeness (QED) is 0.806. The molecule has 2 nitrogen and oxygen atoms in total. The van der Waals surface area contributed by atoms with Gasteiger partial charge in [-0.2, -0.15) is 0 Å². The van der Waals surface area contributed by atoms with Gasteiger partial charge in [0, 0.05) is 12.1 Å². The van der Waals surface area contributed by atoms with Crippen LogP contribution in [0.2, 0.25) is 0 Å². The van der Waals surface area contributed by atoms with Crippen molar-refractivity contribution in [3.05, 3.63) is 0 Å². The van der Waals surface area contributed by atoms with E-state index in [4.69, 9.17) is 0 Å². The molecule has 18 heavy (non-hydrogen) atoms. The Morgan fingerprint density at radius 2 is 1.94 bits per heavy atom. The zero-order chi connectivity index (χ0) is 12.8. The molecule has 0 amide bonds. The first-order valence-corrected chi connectivity index (χ1v) is 8.19. The molecule has 1 atom stereocenters. The molecule has 1 unspecified atom stereocenters. The van der Waals surface area contributed by atoms with Crippen LogP contribution in [0.15, 0.2) is 0 Å². The average molecular weight is 252 g/mol. The number of hydrogen-bond donors (Lipinski definition) is 1. The van der Waals surface area contributed by atoms with Gasteiger partial charge in [-0.15, -0.1) is 0 Å². The highest BCUT2D eigenvalue weighted by Gasteiger charge is 2.30. The summed E-state index contributed by atoms with van der Waals surface area (Å²) < 4.78 is 0. The van der Waals surface area contributed by atoms with E-state index in [-0.39, 0.29) is 0 Å². The van der Waals surface area contributed by atoms with Crippen molar-refractivity contribution in [1.82, 2.24) is 10.2 Å². The minimum Gasteiger partial charge on any atom is -0.314 e. The monoisotopic (exact) mass is 252 g/mol. The molecule has 2 rings (SSSR count). The summed E-state index contributed by atoms with van der Waals surface area (Å²) in [4.78, 5) is 2.73. The van der Waals surface area contributed by atoms with Crippen molar-refractivity contribution in [2.75, 3.05) is 26.7 Å². The maximum Gasteiger partial charge on any atom is 0.0190 e. The third-order valence-electron chi connectivity index (χ3n) is 5.43. The fourth-order valence-electron chi connectivity index (χ4n) is 3.91. The van der Waals surface area contributed by atoms with Crippen LogP contribution in [0.25, 0.3) is 0 Å². The molecular weight excluding hydrogens is 220 g/mol. The molecule has 2 aliphatic rings. The van der Waals surface area contributed by atoms with Gasteiger partial charge in [-0.05, 0) is 58.2 Å². The van der Waals surface area contributed by atoms with Crippen LogP contribution in [-0.4, -0.2) is 37.1 Å². The Hall–Kier alpha value is -0.0800. The van der Waals surface area contributed by atoms with E-state index in [1.54, 1.807) is 0 Å². The van der Waals surface area contributed by atoms with E-state index < -0.39 is 0 Å². The summed E-state index contributed by atoms with van der Waals surface area (Å²) in [5.41, 5.74) is 0.470. The Labute approximate surface area is 114 Å². The molecule has 2 heteroatoms. The predicted molar refractivity (Wildman–Crippen MR) is 78.9 cm³/mol. The minimum absolute atomic E-state index is 0.470. The van der Waals surface area contributed by atoms with Crippen LogP contribution in [0, 0.1) is 5.92 Å². The van der Waals surface area contributed by atoms with Gasteiger partial charge in [-0.25, -0.2) is 0 Å². The molecule has 1 saturated carbocycles. The lowest BCUT2D eigenvalue weighted by Crippen LogP contribution is -2.48. The number of hydrogen-bond acceptors (Lipinski definition) is 2. The maximum atomic E-state index is 3.66. The zero-order valence-electron chi connectivity index (χ0n) is 12.5. The summed E-state index contributed by atoms with van der Waals surface area (Å²) in [5.74, 6) is 0.968. The Morgan fingerprint density at radius 3 is 2.61 bits per heavy atom. The van der Waals surface area contributed by atoms with Crippen LogP contribution < -0.4 is 5.32 Å². The van der Waals surface area contributed by atoms with Gasteiger partial charge in [0.15, 0.2) is 0 Å². The van der Waals surface area contributed by atoms with Crippen molar-refractivity contribution in [2.45, 2.75) is 70.3 Å². The van der Waals surface area contributed by atoms with Gasteiger partial charge >= 0.3 is 0 Å². The molecule has 1 heterocycles. The summed E-state index contributed by atoms with van der Waals surface area (Å²) in [6.07, 6.45) is 12.7. The highest BCUT2D eigenvalue weighted by molar-refractivity contribution is 4.90. The second-order valence-electron chi connectivity index (χ2n) is 6.56. The smallest absolute Gasteiger partial charge is 0.0190 e. The van der Waals surface area contributed by atoms with Crippen molar-refractivity contribution in [1.29, 1.82) is 0 Å². The third kappa shape index (κ3) is 3.71. The molecule has 106 valence electrons. The molecule has 0 aromatic rings. The van der Waals surface area contributed by atoms with Gasteiger partial charge in [0.2, 0.25) is 0 Å². The summed E-state index contributed by atoms with van der Waals surface area (Å²) >= 11 is 0. The van der Waals surface area contributed by atoms with Crippen LogP contribution in [-0.2, 0) is 0 Å². The van der Waals surface area contributed by atoms with Gasteiger partial charge in [0.25, 0.3) is 0 Å². The largest absolute Gasteiger partial charge is 0.314 e. The predicted octanol–water partition coefficient (Wildman–Crippen LogP) is 3.42. The van der Waals surface area contributed by atoms with Crippen LogP contribution in [0.4, 0.5) is 0 Å². The number of nitrogens with zero attached hydrogens (tertiary/aromatic N) is 1. The molecular formula is C16H32N2. The minimum atomic E-state index is 0.470. The van der Waals surface area contributed by atoms with E-state index in [9.17, 15) is 0 Å². The lowest BCUT2D eigenvalue weighted by molar-refractivity contribution is 0.137. The van der Waals surface area contributed by atoms with Crippen molar-refractivity contribution < 1.29 is 0 Å². The van der Waals surface area contributed by atoms with E-state index in [0.717, 1.165) is 5.92 Å². The lowest BCUT2D eigenvalue weighted by atomic mass is 9.79. The molecule has 1 aliphatic carbocycles. The molecule has 1 saturated heterocycles. The Bertz CT molecular complexity index is 233. The number of piperidine rings is 1. The number of nitrogens with one attached hydrogen (secondary N) is 1. The maximum absolute atomic E-state index is 3.66. The summed E-state index contributed by atoms with van der Waals surface area (Å²) in [6, 6.07) is 0. The fraction of sp³-hybridized carbons (Fsp3) is 1.00. The summed E-state index contributed by atoms with van der Waals surface area (Å²) in [7, 11) is 2.18. The van der Waals surface area contributed by atoms with E-state index in [2.05, 4.69) is 24.2 Å². The molecule has 0 bridgehead atoms. The Balaban J connectivity index is 1.78.